The second-order valence-corrected chi connectivity index (χ2v) is 6.07. The van der Waals surface area contributed by atoms with Crippen molar-refractivity contribution in [2.75, 3.05) is 13.2 Å². The Morgan fingerprint density at radius 2 is 2.05 bits per heavy atom. The Bertz CT molecular complexity index is 607. The third-order valence-electron chi connectivity index (χ3n) is 4.19. The van der Waals surface area contributed by atoms with Crippen LogP contribution in [0.3, 0.4) is 0 Å². The lowest BCUT2D eigenvalue weighted by molar-refractivity contribution is 0.0787. The first-order valence-corrected chi connectivity index (χ1v) is 8.21. The van der Waals surface area contributed by atoms with Crippen molar-refractivity contribution in [3.05, 3.63) is 47.0 Å². The highest BCUT2D eigenvalue weighted by Gasteiger charge is 2.28. The second kappa shape index (κ2) is 6.78. The molecule has 1 saturated heterocycles. The molecule has 21 heavy (non-hydrogen) atoms. The van der Waals surface area contributed by atoms with E-state index in [1.54, 1.807) is 0 Å². The van der Waals surface area contributed by atoms with Gasteiger partial charge >= 0.3 is 0 Å². The van der Waals surface area contributed by atoms with Gasteiger partial charge in [-0.1, -0.05) is 48.9 Å². The van der Waals surface area contributed by atoms with Crippen molar-refractivity contribution in [3.63, 3.8) is 0 Å². The first-order chi connectivity index (χ1) is 10.3. The minimum Gasteiger partial charge on any atom is -0.376 e. The van der Waals surface area contributed by atoms with Crippen LogP contribution < -0.4 is 5.32 Å². The molecule has 2 aromatic carbocycles. The summed E-state index contributed by atoms with van der Waals surface area (Å²) in [7, 11) is 0. The van der Waals surface area contributed by atoms with Crippen molar-refractivity contribution < 1.29 is 4.74 Å². The lowest BCUT2D eigenvalue weighted by atomic mass is 9.94. The van der Waals surface area contributed by atoms with Gasteiger partial charge < -0.3 is 10.1 Å². The van der Waals surface area contributed by atoms with Crippen LogP contribution in [0.5, 0.6) is 0 Å². The maximum absolute atomic E-state index is 6.35. The molecule has 0 aromatic heterocycles. The molecule has 2 nitrogen and oxygen atoms in total. The maximum atomic E-state index is 6.35. The van der Waals surface area contributed by atoms with E-state index in [9.17, 15) is 0 Å². The van der Waals surface area contributed by atoms with Gasteiger partial charge in [0.25, 0.3) is 0 Å². The van der Waals surface area contributed by atoms with Crippen LogP contribution in [0.2, 0.25) is 5.02 Å². The van der Waals surface area contributed by atoms with Gasteiger partial charge in [-0.05, 0) is 42.8 Å². The van der Waals surface area contributed by atoms with Crippen molar-refractivity contribution >= 4 is 22.4 Å². The SMILES string of the molecule is CCCNC(c1ccc(Cl)c2ccccc12)C1CCCO1. The van der Waals surface area contributed by atoms with Gasteiger partial charge in [-0.25, -0.2) is 0 Å². The molecule has 1 N–H and O–H groups in total. The van der Waals surface area contributed by atoms with Crippen molar-refractivity contribution in [1.29, 1.82) is 0 Å². The molecule has 0 radical (unpaired) electrons. The van der Waals surface area contributed by atoms with E-state index < -0.39 is 0 Å². The Morgan fingerprint density at radius 1 is 1.24 bits per heavy atom. The quantitative estimate of drug-likeness (QED) is 0.863. The van der Waals surface area contributed by atoms with Crippen molar-refractivity contribution in [2.24, 2.45) is 0 Å². The van der Waals surface area contributed by atoms with Gasteiger partial charge in [-0.3, -0.25) is 0 Å². The van der Waals surface area contributed by atoms with E-state index in [-0.39, 0.29) is 12.1 Å². The van der Waals surface area contributed by atoms with Gasteiger partial charge in [0.2, 0.25) is 0 Å². The number of benzene rings is 2. The number of halogens is 1. The molecule has 0 spiro atoms. The molecule has 1 aliphatic rings. The topological polar surface area (TPSA) is 21.3 Å². The van der Waals surface area contributed by atoms with Gasteiger partial charge in [0.05, 0.1) is 12.1 Å². The van der Waals surface area contributed by atoms with Gasteiger partial charge in [0.1, 0.15) is 0 Å². The fraction of sp³-hybridized carbons (Fsp3) is 0.444. The minimum atomic E-state index is 0.245. The molecule has 3 rings (SSSR count). The predicted octanol–water partition coefficient (Wildman–Crippen LogP) is 4.71. The number of fused-ring (bicyclic) bond motifs is 1. The summed E-state index contributed by atoms with van der Waals surface area (Å²) >= 11 is 6.35. The van der Waals surface area contributed by atoms with E-state index in [0.717, 1.165) is 42.8 Å². The monoisotopic (exact) mass is 303 g/mol. The van der Waals surface area contributed by atoms with Gasteiger partial charge in [0, 0.05) is 17.0 Å². The van der Waals surface area contributed by atoms with Crippen LogP contribution in [-0.4, -0.2) is 19.3 Å². The van der Waals surface area contributed by atoms with E-state index >= 15 is 0 Å². The third-order valence-corrected chi connectivity index (χ3v) is 4.52. The fourth-order valence-corrected chi connectivity index (χ4v) is 3.39. The fourth-order valence-electron chi connectivity index (χ4n) is 3.16. The smallest absolute Gasteiger partial charge is 0.0770 e. The molecular formula is C18H22ClNO. The number of nitrogens with one attached hydrogen (secondary N) is 1. The normalized spacial score (nSPS) is 20.0. The summed E-state index contributed by atoms with van der Waals surface area (Å²) in [4.78, 5) is 0. The first-order valence-electron chi connectivity index (χ1n) is 7.83. The molecule has 2 aromatic rings. The molecule has 2 unspecified atom stereocenters. The summed E-state index contributed by atoms with van der Waals surface area (Å²) in [5, 5.41) is 6.84. The zero-order chi connectivity index (χ0) is 14.7. The molecule has 0 aliphatic carbocycles. The lowest BCUT2D eigenvalue weighted by Gasteiger charge is -2.26. The van der Waals surface area contributed by atoms with Crippen molar-refractivity contribution in [2.45, 2.75) is 38.3 Å². The summed E-state index contributed by atoms with van der Waals surface area (Å²) in [6.45, 7) is 4.07. The molecule has 0 saturated carbocycles. The van der Waals surface area contributed by atoms with Crippen molar-refractivity contribution in [3.8, 4) is 0 Å². The molecule has 0 amide bonds. The average Bonchev–Trinajstić information content (AvgIpc) is 3.04. The second-order valence-electron chi connectivity index (χ2n) is 5.67. The molecular weight excluding hydrogens is 282 g/mol. The zero-order valence-electron chi connectivity index (χ0n) is 12.4. The van der Waals surface area contributed by atoms with Crippen LogP contribution in [-0.2, 0) is 4.74 Å². The molecule has 2 atom stereocenters. The molecule has 3 heteroatoms. The summed E-state index contributed by atoms with van der Waals surface area (Å²) < 4.78 is 5.95. The zero-order valence-corrected chi connectivity index (χ0v) is 13.2. The van der Waals surface area contributed by atoms with Gasteiger partial charge in [-0.15, -0.1) is 0 Å². The van der Waals surface area contributed by atoms with E-state index in [1.165, 1.54) is 10.9 Å². The predicted molar refractivity (Wildman–Crippen MR) is 89.0 cm³/mol. The van der Waals surface area contributed by atoms with Crippen molar-refractivity contribution in [1.82, 2.24) is 5.32 Å². The Labute approximate surface area is 131 Å². The van der Waals surface area contributed by atoms with E-state index in [4.69, 9.17) is 16.3 Å². The molecule has 1 heterocycles. The summed E-state index contributed by atoms with van der Waals surface area (Å²) in [5.41, 5.74) is 1.30. The number of hydrogen-bond donors (Lipinski definition) is 1. The van der Waals surface area contributed by atoms with Gasteiger partial charge in [-0.2, -0.15) is 0 Å². The maximum Gasteiger partial charge on any atom is 0.0770 e. The van der Waals surface area contributed by atoms with Gasteiger partial charge in [0.15, 0.2) is 0 Å². The summed E-state index contributed by atoms with van der Waals surface area (Å²) in [6.07, 6.45) is 3.66. The standard InChI is InChI=1S/C18H22ClNO/c1-2-11-20-18(17-8-5-12-21-17)15-9-10-16(19)14-7-4-3-6-13(14)15/h3-4,6-7,9-10,17-18,20H,2,5,8,11-12H2,1H3. The Kier molecular flexibility index (Phi) is 4.79. The molecule has 1 aliphatic heterocycles. The largest absolute Gasteiger partial charge is 0.376 e. The van der Waals surface area contributed by atoms with Crippen LogP contribution in [0.25, 0.3) is 10.8 Å². The van der Waals surface area contributed by atoms with Crippen LogP contribution in [0.1, 0.15) is 37.8 Å². The van der Waals surface area contributed by atoms with E-state index in [1.807, 2.05) is 12.1 Å². The average molecular weight is 304 g/mol. The van der Waals surface area contributed by atoms with Crippen LogP contribution >= 0.6 is 11.6 Å². The highest BCUT2D eigenvalue weighted by molar-refractivity contribution is 6.35. The summed E-state index contributed by atoms with van der Waals surface area (Å²) in [5.74, 6) is 0. The van der Waals surface area contributed by atoms with Crippen LogP contribution in [0.4, 0.5) is 0 Å². The molecule has 0 bridgehead atoms. The molecule has 1 fully saturated rings. The molecule has 112 valence electrons. The minimum absolute atomic E-state index is 0.245. The number of ether oxygens (including phenoxy) is 1. The number of rotatable bonds is 5. The van der Waals surface area contributed by atoms with Crippen LogP contribution in [0.15, 0.2) is 36.4 Å². The highest BCUT2D eigenvalue weighted by atomic mass is 35.5. The number of hydrogen-bond acceptors (Lipinski definition) is 2. The third kappa shape index (κ3) is 3.08. The first kappa shape index (κ1) is 14.8. The Balaban J connectivity index is 2.03. The highest BCUT2D eigenvalue weighted by Crippen LogP contribution is 2.34. The Morgan fingerprint density at radius 3 is 2.76 bits per heavy atom. The van der Waals surface area contributed by atoms with E-state index in [0.29, 0.717) is 0 Å². The van der Waals surface area contributed by atoms with E-state index in [2.05, 4.69) is 36.5 Å². The summed E-state index contributed by atoms with van der Waals surface area (Å²) in [6, 6.07) is 12.8. The Hall–Kier alpha value is -1.09. The lowest BCUT2D eigenvalue weighted by Crippen LogP contribution is -2.32. The van der Waals surface area contributed by atoms with Crippen LogP contribution in [0, 0.1) is 0 Å².